The van der Waals surface area contributed by atoms with Gasteiger partial charge in [0.1, 0.15) is 6.04 Å². The number of aromatic nitrogens is 1. The van der Waals surface area contributed by atoms with Gasteiger partial charge in [0.15, 0.2) is 0 Å². The van der Waals surface area contributed by atoms with E-state index in [4.69, 9.17) is 5.11 Å². The summed E-state index contributed by atoms with van der Waals surface area (Å²) in [4.78, 5) is 26.7. The third-order valence-corrected chi connectivity index (χ3v) is 2.58. The van der Waals surface area contributed by atoms with Gasteiger partial charge in [-0.25, -0.2) is 4.79 Å². The smallest absolute Gasteiger partial charge is 0.326 e. The van der Waals surface area contributed by atoms with Gasteiger partial charge in [-0.3, -0.25) is 9.78 Å². The molecule has 0 saturated carbocycles. The summed E-state index contributed by atoms with van der Waals surface area (Å²) in [5.74, 6) is -1.30. The van der Waals surface area contributed by atoms with E-state index in [-0.39, 0.29) is 12.3 Å². The fourth-order valence-electron chi connectivity index (χ4n) is 1.55. The molecule has 19 heavy (non-hydrogen) atoms. The molecule has 2 N–H and O–H groups in total. The molecule has 1 unspecified atom stereocenters. The molecule has 1 rings (SSSR count). The van der Waals surface area contributed by atoms with Crippen LogP contribution in [0.25, 0.3) is 0 Å². The maximum Gasteiger partial charge on any atom is 0.326 e. The molecule has 0 aliphatic rings. The molecule has 0 radical (unpaired) electrons. The van der Waals surface area contributed by atoms with Crippen molar-refractivity contribution in [3.63, 3.8) is 0 Å². The summed E-state index contributed by atoms with van der Waals surface area (Å²) in [7, 11) is 0. The number of nitrogens with one attached hydrogen (secondary N) is 1. The maximum absolute atomic E-state index is 11.7. The van der Waals surface area contributed by atoms with Crippen molar-refractivity contribution >= 4 is 11.9 Å². The number of hydrogen-bond acceptors (Lipinski definition) is 3. The van der Waals surface area contributed by atoms with Crippen LogP contribution < -0.4 is 5.32 Å². The molecule has 5 nitrogen and oxygen atoms in total. The molecule has 1 aromatic rings. The monoisotopic (exact) mass is 262 g/mol. The van der Waals surface area contributed by atoms with Crippen molar-refractivity contribution < 1.29 is 14.7 Å². The highest BCUT2D eigenvalue weighted by Gasteiger charge is 2.17. The third-order valence-electron chi connectivity index (χ3n) is 2.58. The second kappa shape index (κ2) is 8.02. The van der Waals surface area contributed by atoms with Gasteiger partial charge in [0.25, 0.3) is 0 Å². The van der Waals surface area contributed by atoms with Crippen LogP contribution in [0.2, 0.25) is 0 Å². The fraction of sp³-hybridized carbons (Fsp3) is 0.357. The van der Waals surface area contributed by atoms with Crippen LogP contribution in [0, 0.1) is 0 Å². The highest BCUT2D eigenvalue weighted by Crippen LogP contribution is 2.00. The summed E-state index contributed by atoms with van der Waals surface area (Å²) in [6.07, 6.45) is 6.17. The molecule has 1 aromatic heterocycles. The van der Waals surface area contributed by atoms with E-state index in [9.17, 15) is 9.59 Å². The van der Waals surface area contributed by atoms with Crippen molar-refractivity contribution in [2.75, 3.05) is 0 Å². The minimum Gasteiger partial charge on any atom is -0.480 e. The van der Waals surface area contributed by atoms with Crippen molar-refractivity contribution in [1.82, 2.24) is 10.3 Å². The Morgan fingerprint density at radius 3 is 2.84 bits per heavy atom. The van der Waals surface area contributed by atoms with Crippen LogP contribution >= 0.6 is 0 Å². The first-order valence-electron chi connectivity index (χ1n) is 6.16. The number of carbonyl (C=O) groups excluding carboxylic acids is 1. The van der Waals surface area contributed by atoms with Crippen molar-refractivity contribution in [2.24, 2.45) is 0 Å². The van der Waals surface area contributed by atoms with Gasteiger partial charge < -0.3 is 10.4 Å². The van der Waals surface area contributed by atoms with Gasteiger partial charge in [-0.05, 0) is 31.9 Å². The first kappa shape index (κ1) is 14.9. The molecule has 0 aliphatic heterocycles. The Balaban J connectivity index is 2.42. The molecule has 0 aromatic carbocycles. The number of hydrogen-bond donors (Lipinski definition) is 2. The molecule has 102 valence electrons. The minimum absolute atomic E-state index is 0.233. The van der Waals surface area contributed by atoms with Crippen LogP contribution in [0.3, 0.4) is 0 Å². The van der Waals surface area contributed by atoms with E-state index in [1.165, 1.54) is 0 Å². The second-order valence-electron chi connectivity index (χ2n) is 4.08. The highest BCUT2D eigenvalue weighted by molar-refractivity contribution is 5.83. The van der Waals surface area contributed by atoms with E-state index in [1.807, 2.05) is 19.1 Å². The normalized spacial score (nSPS) is 12.3. The molecular weight excluding hydrogens is 244 g/mol. The number of carboxylic acid groups (broad SMARTS) is 1. The Labute approximate surface area is 112 Å². The predicted molar refractivity (Wildman–Crippen MR) is 71.6 cm³/mol. The first-order chi connectivity index (χ1) is 9.13. The largest absolute Gasteiger partial charge is 0.480 e. The summed E-state index contributed by atoms with van der Waals surface area (Å²) < 4.78 is 0. The van der Waals surface area contributed by atoms with Crippen LogP contribution in [0.4, 0.5) is 0 Å². The average Bonchev–Trinajstić information content (AvgIpc) is 2.42. The van der Waals surface area contributed by atoms with Crippen LogP contribution in [0.5, 0.6) is 0 Å². The predicted octanol–water partition coefficient (Wildman–Crippen LogP) is 1.55. The molecule has 0 bridgehead atoms. The molecule has 1 heterocycles. The van der Waals surface area contributed by atoms with E-state index in [2.05, 4.69) is 10.3 Å². The minimum atomic E-state index is -1.02. The van der Waals surface area contributed by atoms with Gasteiger partial charge in [0.2, 0.25) is 5.91 Å². The number of aryl methyl sites for hydroxylation is 1. The molecular formula is C14H18N2O3. The van der Waals surface area contributed by atoms with Crippen LogP contribution in [-0.2, 0) is 16.0 Å². The number of nitrogens with zero attached hydrogens (tertiary/aromatic N) is 1. The van der Waals surface area contributed by atoms with Gasteiger partial charge in [0.05, 0.1) is 0 Å². The molecule has 0 aliphatic carbocycles. The lowest BCUT2D eigenvalue weighted by Gasteiger charge is -2.12. The van der Waals surface area contributed by atoms with Gasteiger partial charge >= 0.3 is 5.97 Å². The lowest BCUT2D eigenvalue weighted by atomic mass is 10.1. The Hall–Kier alpha value is -2.17. The quantitative estimate of drug-likeness (QED) is 0.731. The molecule has 1 atom stereocenters. The van der Waals surface area contributed by atoms with Crippen LogP contribution in [-0.4, -0.2) is 28.0 Å². The van der Waals surface area contributed by atoms with Crippen molar-refractivity contribution in [3.05, 3.63) is 42.2 Å². The summed E-state index contributed by atoms with van der Waals surface area (Å²) in [6, 6.07) is 4.63. The molecule has 1 amide bonds. The highest BCUT2D eigenvalue weighted by atomic mass is 16.4. The van der Waals surface area contributed by atoms with E-state index in [0.29, 0.717) is 12.8 Å². The van der Waals surface area contributed by atoms with Crippen LogP contribution in [0.15, 0.2) is 36.5 Å². The standard InChI is InChI=1S/C14H18N2O3/c1-2-3-7-12(14(18)19)16-13(17)9-8-11-6-4-5-10-15-11/h2-6,10,12H,7-9H2,1H3,(H,16,17)(H,18,19)/b3-2+. The number of pyridine rings is 1. The molecule has 5 heteroatoms. The van der Waals surface area contributed by atoms with E-state index < -0.39 is 12.0 Å². The fourth-order valence-corrected chi connectivity index (χ4v) is 1.55. The number of carbonyl (C=O) groups is 2. The van der Waals surface area contributed by atoms with Crippen molar-refractivity contribution in [1.29, 1.82) is 0 Å². The zero-order valence-electron chi connectivity index (χ0n) is 10.9. The van der Waals surface area contributed by atoms with Crippen molar-refractivity contribution in [2.45, 2.75) is 32.2 Å². The van der Waals surface area contributed by atoms with Crippen molar-refractivity contribution in [3.8, 4) is 0 Å². The summed E-state index contributed by atoms with van der Waals surface area (Å²) in [5.41, 5.74) is 0.818. The third kappa shape index (κ3) is 5.81. The zero-order valence-corrected chi connectivity index (χ0v) is 10.9. The Morgan fingerprint density at radius 1 is 1.47 bits per heavy atom. The van der Waals surface area contributed by atoms with Gasteiger partial charge in [-0.2, -0.15) is 0 Å². The number of carboxylic acids is 1. The average molecular weight is 262 g/mol. The Kier molecular flexibility index (Phi) is 6.29. The topological polar surface area (TPSA) is 79.3 Å². The summed E-state index contributed by atoms with van der Waals surface area (Å²) in [6.45, 7) is 1.81. The summed E-state index contributed by atoms with van der Waals surface area (Å²) >= 11 is 0. The summed E-state index contributed by atoms with van der Waals surface area (Å²) in [5, 5.41) is 11.5. The number of rotatable bonds is 7. The Bertz CT molecular complexity index is 443. The lowest BCUT2D eigenvalue weighted by Crippen LogP contribution is -2.40. The van der Waals surface area contributed by atoms with E-state index in [0.717, 1.165) is 5.69 Å². The van der Waals surface area contributed by atoms with Crippen LogP contribution in [0.1, 0.15) is 25.5 Å². The SMILES string of the molecule is C/C=C/CC(NC(=O)CCc1ccccn1)C(=O)O. The number of aliphatic carboxylic acids is 1. The number of allylic oxidation sites excluding steroid dienone is 1. The van der Waals surface area contributed by atoms with E-state index in [1.54, 1.807) is 24.4 Å². The molecule has 0 fully saturated rings. The second-order valence-corrected chi connectivity index (χ2v) is 4.08. The lowest BCUT2D eigenvalue weighted by molar-refractivity contribution is -0.141. The molecule has 0 spiro atoms. The number of amides is 1. The maximum atomic E-state index is 11.7. The molecule has 0 saturated heterocycles. The van der Waals surface area contributed by atoms with Gasteiger partial charge in [-0.1, -0.05) is 18.2 Å². The van der Waals surface area contributed by atoms with E-state index >= 15 is 0 Å². The first-order valence-corrected chi connectivity index (χ1v) is 6.16. The Morgan fingerprint density at radius 2 is 2.26 bits per heavy atom. The zero-order chi connectivity index (χ0) is 14.1. The van der Waals surface area contributed by atoms with Gasteiger partial charge in [0, 0.05) is 18.3 Å². The van der Waals surface area contributed by atoms with Gasteiger partial charge in [-0.15, -0.1) is 0 Å².